The van der Waals surface area contributed by atoms with E-state index in [-0.39, 0.29) is 37.4 Å². The lowest BCUT2D eigenvalue weighted by molar-refractivity contribution is -0.142. The van der Waals surface area contributed by atoms with Crippen molar-refractivity contribution in [1.82, 2.24) is 5.32 Å². The second-order valence-corrected chi connectivity index (χ2v) is 11.9. The molecule has 0 spiro atoms. The minimum Gasteiger partial charge on any atom is -0.480 e. The number of hydrogen-bond donors (Lipinski definition) is 2. The molecule has 3 aromatic rings. The molecule has 0 bridgehead atoms. The Kier molecular flexibility index (Phi) is 8.23. The molecular formula is C27H25Cl2NO6S. The number of nitrogens with one attached hydrogen (secondary N) is 1. The Labute approximate surface area is 225 Å². The maximum atomic E-state index is 13.6. The van der Waals surface area contributed by atoms with Crippen molar-refractivity contribution in [3.8, 4) is 11.1 Å². The lowest BCUT2D eigenvalue weighted by Gasteiger charge is -2.36. The van der Waals surface area contributed by atoms with Gasteiger partial charge in [0.15, 0.2) is 14.6 Å². The largest absolute Gasteiger partial charge is 0.480 e. The Bertz CT molecular complexity index is 1370. The number of ether oxygens (including phenoxy) is 1. The number of rotatable bonds is 8. The van der Waals surface area contributed by atoms with Gasteiger partial charge in [0, 0.05) is 35.2 Å². The van der Waals surface area contributed by atoms with Gasteiger partial charge in [-0.3, -0.25) is 4.79 Å². The number of benzene rings is 3. The normalized spacial score (nSPS) is 16.1. The molecule has 4 rings (SSSR count). The molecule has 2 N–H and O–H groups in total. The van der Waals surface area contributed by atoms with Gasteiger partial charge < -0.3 is 15.2 Å². The minimum absolute atomic E-state index is 0.00717. The number of halogens is 2. The molecule has 0 unspecified atom stereocenters. The fourth-order valence-corrected chi connectivity index (χ4v) is 7.04. The molecule has 10 heteroatoms. The molecule has 1 heterocycles. The number of sulfone groups is 1. The van der Waals surface area contributed by atoms with E-state index in [0.717, 1.165) is 5.56 Å². The van der Waals surface area contributed by atoms with Gasteiger partial charge in [0.05, 0.1) is 4.90 Å². The zero-order valence-electron chi connectivity index (χ0n) is 19.7. The van der Waals surface area contributed by atoms with Crippen LogP contribution in [0, 0.1) is 0 Å². The van der Waals surface area contributed by atoms with E-state index in [9.17, 15) is 23.1 Å². The Morgan fingerprint density at radius 1 is 0.919 bits per heavy atom. The summed E-state index contributed by atoms with van der Waals surface area (Å²) in [6.07, 6.45) is -0.193. The molecule has 1 atom stereocenters. The first kappa shape index (κ1) is 27.1. The van der Waals surface area contributed by atoms with Crippen LogP contribution >= 0.6 is 23.2 Å². The van der Waals surface area contributed by atoms with E-state index in [1.165, 1.54) is 12.1 Å². The second-order valence-electron chi connectivity index (χ2n) is 8.79. The molecule has 1 aliphatic heterocycles. The number of carbonyl (C=O) groups is 2. The number of hydrogen-bond acceptors (Lipinski definition) is 5. The van der Waals surface area contributed by atoms with Crippen molar-refractivity contribution in [3.05, 3.63) is 88.4 Å². The standard InChI is InChI=1S/C27H25Cl2NO6S/c28-21-7-4-8-22(29)24(21)19-11-9-18(10-12-19)17-23(25(31)32)30-26(33)27(13-15-36-16-14-27)37(34,35)20-5-2-1-3-6-20/h1-12,23H,13-17H2,(H,30,33)(H,31,32)/t23-/m0/s1. The van der Waals surface area contributed by atoms with Gasteiger partial charge in [-0.25, -0.2) is 13.2 Å². The second kappa shape index (κ2) is 11.2. The highest BCUT2D eigenvalue weighted by Gasteiger charge is 2.52. The molecule has 3 aromatic carbocycles. The van der Waals surface area contributed by atoms with Crippen LogP contribution in [0.5, 0.6) is 0 Å². The molecular weight excluding hydrogens is 537 g/mol. The molecule has 0 radical (unpaired) electrons. The van der Waals surface area contributed by atoms with E-state index in [0.29, 0.717) is 21.2 Å². The Morgan fingerprint density at radius 2 is 1.51 bits per heavy atom. The SMILES string of the molecule is O=C(O)[C@H](Cc1ccc(-c2c(Cl)cccc2Cl)cc1)NC(=O)C1(S(=O)(=O)c2ccccc2)CCOCC1. The Hall–Kier alpha value is -2.91. The van der Waals surface area contributed by atoms with Gasteiger partial charge in [-0.1, -0.05) is 71.7 Å². The van der Waals surface area contributed by atoms with Crippen molar-refractivity contribution in [3.63, 3.8) is 0 Å². The third-order valence-corrected chi connectivity index (χ3v) is 9.68. The van der Waals surface area contributed by atoms with Gasteiger partial charge in [-0.15, -0.1) is 0 Å². The number of carboxylic acid groups (broad SMARTS) is 1. The lowest BCUT2D eigenvalue weighted by atomic mass is 9.96. The third kappa shape index (κ3) is 5.52. The summed E-state index contributed by atoms with van der Waals surface area (Å²) in [5, 5.41) is 13.3. The molecule has 194 valence electrons. The van der Waals surface area contributed by atoms with Crippen molar-refractivity contribution in [2.24, 2.45) is 0 Å². The first-order valence-corrected chi connectivity index (χ1v) is 13.8. The highest BCUT2D eigenvalue weighted by molar-refractivity contribution is 7.93. The number of carbonyl (C=O) groups excluding carboxylic acids is 1. The topological polar surface area (TPSA) is 110 Å². The van der Waals surface area contributed by atoms with Gasteiger partial charge in [0.2, 0.25) is 5.91 Å². The summed E-state index contributed by atoms with van der Waals surface area (Å²) in [5.74, 6) is -2.11. The van der Waals surface area contributed by atoms with Crippen molar-refractivity contribution in [1.29, 1.82) is 0 Å². The molecule has 1 fully saturated rings. The van der Waals surface area contributed by atoms with Crippen LogP contribution < -0.4 is 5.32 Å². The van der Waals surface area contributed by atoms with E-state index in [4.69, 9.17) is 27.9 Å². The average molecular weight is 562 g/mol. The van der Waals surface area contributed by atoms with Crippen LogP contribution in [-0.4, -0.2) is 49.4 Å². The van der Waals surface area contributed by atoms with Crippen molar-refractivity contribution >= 4 is 44.9 Å². The van der Waals surface area contributed by atoms with Crippen LogP contribution in [0.4, 0.5) is 0 Å². The first-order chi connectivity index (χ1) is 17.7. The maximum absolute atomic E-state index is 13.6. The Balaban J connectivity index is 1.58. The van der Waals surface area contributed by atoms with Crippen LogP contribution in [0.2, 0.25) is 10.0 Å². The summed E-state index contributed by atoms with van der Waals surface area (Å²) in [6, 6.07) is 18.5. The third-order valence-electron chi connectivity index (χ3n) is 6.53. The predicted molar refractivity (Wildman–Crippen MR) is 142 cm³/mol. The van der Waals surface area contributed by atoms with Gasteiger partial charge in [0.1, 0.15) is 6.04 Å². The summed E-state index contributed by atoms with van der Waals surface area (Å²) in [4.78, 5) is 25.6. The van der Waals surface area contributed by atoms with E-state index in [1.54, 1.807) is 60.7 Å². The monoisotopic (exact) mass is 561 g/mol. The van der Waals surface area contributed by atoms with E-state index >= 15 is 0 Å². The molecule has 1 amide bonds. The van der Waals surface area contributed by atoms with Crippen LogP contribution in [0.25, 0.3) is 11.1 Å². The van der Waals surface area contributed by atoms with Gasteiger partial charge in [-0.2, -0.15) is 0 Å². The van der Waals surface area contributed by atoms with Crippen LogP contribution in [0.3, 0.4) is 0 Å². The highest BCUT2D eigenvalue weighted by atomic mass is 35.5. The maximum Gasteiger partial charge on any atom is 0.326 e. The van der Waals surface area contributed by atoms with Gasteiger partial charge in [0.25, 0.3) is 0 Å². The zero-order chi connectivity index (χ0) is 26.6. The molecule has 7 nitrogen and oxygen atoms in total. The lowest BCUT2D eigenvalue weighted by Crippen LogP contribution is -2.58. The molecule has 1 saturated heterocycles. The summed E-state index contributed by atoms with van der Waals surface area (Å²) in [6.45, 7) is 0.145. The first-order valence-electron chi connectivity index (χ1n) is 11.6. The van der Waals surface area contributed by atoms with Crippen LogP contribution in [-0.2, 0) is 30.6 Å². The quantitative estimate of drug-likeness (QED) is 0.409. The van der Waals surface area contributed by atoms with Crippen molar-refractivity contribution in [2.45, 2.75) is 34.9 Å². The molecule has 0 saturated carbocycles. The number of aliphatic carboxylic acids is 1. The van der Waals surface area contributed by atoms with E-state index in [2.05, 4.69) is 5.32 Å². The fraction of sp³-hybridized carbons (Fsp3) is 0.259. The highest BCUT2D eigenvalue weighted by Crippen LogP contribution is 2.36. The molecule has 1 aliphatic rings. The van der Waals surface area contributed by atoms with Crippen LogP contribution in [0.1, 0.15) is 18.4 Å². The zero-order valence-corrected chi connectivity index (χ0v) is 22.0. The fourth-order valence-electron chi connectivity index (χ4n) is 4.45. The predicted octanol–water partition coefficient (Wildman–Crippen LogP) is 4.80. The van der Waals surface area contributed by atoms with E-state index in [1.807, 2.05) is 0 Å². The smallest absolute Gasteiger partial charge is 0.326 e. The van der Waals surface area contributed by atoms with Gasteiger partial charge in [-0.05, 0) is 48.2 Å². The van der Waals surface area contributed by atoms with Crippen molar-refractivity contribution < 1.29 is 27.9 Å². The number of amides is 1. The summed E-state index contributed by atoms with van der Waals surface area (Å²) >= 11 is 12.6. The summed E-state index contributed by atoms with van der Waals surface area (Å²) in [7, 11) is -4.12. The minimum atomic E-state index is -4.12. The molecule has 0 aromatic heterocycles. The average Bonchev–Trinajstić information content (AvgIpc) is 2.89. The molecule has 0 aliphatic carbocycles. The summed E-state index contributed by atoms with van der Waals surface area (Å²) in [5.41, 5.74) is 2.05. The van der Waals surface area contributed by atoms with E-state index < -0.39 is 32.5 Å². The van der Waals surface area contributed by atoms with Gasteiger partial charge >= 0.3 is 5.97 Å². The van der Waals surface area contributed by atoms with Crippen molar-refractivity contribution in [2.75, 3.05) is 13.2 Å². The molecule has 37 heavy (non-hydrogen) atoms. The Morgan fingerprint density at radius 3 is 2.08 bits per heavy atom. The van der Waals surface area contributed by atoms with Crippen LogP contribution in [0.15, 0.2) is 77.7 Å². The number of carboxylic acids is 1. The summed E-state index contributed by atoms with van der Waals surface area (Å²) < 4.78 is 30.7.